The van der Waals surface area contributed by atoms with Gasteiger partial charge in [-0.3, -0.25) is 4.98 Å². The number of aromatic amines is 1. The largest absolute Gasteiger partial charge is 0.344 e. The molecule has 0 amide bonds. The average molecular weight is 279 g/mol. The quantitative estimate of drug-likeness (QED) is 0.818. The molecule has 5 heteroatoms. The Labute approximate surface area is 118 Å². The second kappa shape index (κ2) is 7.26. The number of unbranched alkanes of at least 4 members (excludes halogenated alkanes) is 1. The molecule has 0 radical (unpaired) electrons. The van der Waals surface area contributed by atoms with Crippen LogP contribution in [0.4, 0.5) is 0 Å². The van der Waals surface area contributed by atoms with E-state index in [2.05, 4.69) is 27.2 Å². The van der Waals surface area contributed by atoms with Crippen LogP contribution in [0.3, 0.4) is 0 Å². The Hall–Kier alpha value is -1.39. The van der Waals surface area contributed by atoms with Crippen LogP contribution in [0.15, 0.2) is 24.5 Å². The van der Waals surface area contributed by atoms with Crippen LogP contribution in [0.25, 0.3) is 0 Å². The summed E-state index contributed by atoms with van der Waals surface area (Å²) < 4.78 is 0. The lowest BCUT2D eigenvalue weighted by Crippen LogP contribution is -2.13. The molecule has 0 unspecified atom stereocenters. The zero-order valence-corrected chi connectivity index (χ0v) is 11.9. The molecule has 0 saturated heterocycles. The van der Waals surface area contributed by atoms with Gasteiger partial charge in [0, 0.05) is 31.9 Å². The molecule has 2 rings (SSSR count). The third-order valence-electron chi connectivity index (χ3n) is 2.90. The number of pyridine rings is 1. The van der Waals surface area contributed by atoms with Gasteiger partial charge in [-0.05, 0) is 18.1 Å². The normalized spacial score (nSPS) is 10.8. The first-order valence-corrected chi connectivity index (χ1v) is 7.00. The number of halogens is 1. The molecule has 0 aromatic carbocycles. The van der Waals surface area contributed by atoms with Gasteiger partial charge in [0.2, 0.25) is 0 Å². The van der Waals surface area contributed by atoms with E-state index in [-0.39, 0.29) is 0 Å². The van der Waals surface area contributed by atoms with Gasteiger partial charge in [-0.2, -0.15) is 0 Å². The van der Waals surface area contributed by atoms with Gasteiger partial charge in [0.25, 0.3) is 0 Å². The lowest BCUT2D eigenvalue weighted by Gasteiger charge is -2.03. The summed E-state index contributed by atoms with van der Waals surface area (Å²) in [5, 5.41) is 3.91. The van der Waals surface area contributed by atoms with Crippen molar-refractivity contribution in [3.8, 4) is 0 Å². The summed E-state index contributed by atoms with van der Waals surface area (Å²) in [5.74, 6) is 0.977. The Morgan fingerprint density at radius 2 is 2.26 bits per heavy atom. The Morgan fingerprint density at radius 3 is 3.00 bits per heavy atom. The lowest BCUT2D eigenvalue weighted by atomic mass is 10.2. The van der Waals surface area contributed by atoms with E-state index in [1.807, 2.05) is 18.3 Å². The van der Waals surface area contributed by atoms with Gasteiger partial charge in [-0.15, -0.1) is 0 Å². The number of rotatable bonds is 7. The topological polar surface area (TPSA) is 53.6 Å². The zero-order valence-electron chi connectivity index (χ0n) is 11.1. The highest BCUT2D eigenvalue weighted by Gasteiger charge is 2.07. The van der Waals surface area contributed by atoms with E-state index in [9.17, 15) is 0 Å². The highest BCUT2D eigenvalue weighted by atomic mass is 35.5. The first kappa shape index (κ1) is 14.0. The van der Waals surface area contributed by atoms with Crippen molar-refractivity contribution in [2.24, 2.45) is 0 Å². The van der Waals surface area contributed by atoms with Crippen molar-refractivity contribution in [1.29, 1.82) is 0 Å². The summed E-state index contributed by atoms with van der Waals surface area (Å²) in [7, 11) is 0. The van der Waals surface area contributed by atoms with E-state index in [4.69, 9.17) is 11.6 Å². The maximum absolute atomic E-state index is 6.11. The zero-order chi connectivity index (χ0) is 13.5. The fourth-order valence-electron chi connectivity index (χ4n) is 1.85. The van der Waals surface area contributed by atoms with Gasteiger partial charge in [-0.1, -0.05) is 31.0 Å². The van der Waals surface area contributed by atoms with Gasteiger partial charge >= 0.3 is 0 Å². The second-order valence-corrected chi connectivity index (χ2v) is 4.88. The van der Waals surface area contributed by atoms with Crippen LogP contribution in [0.2, 0.25) is 5.15 Å². The van der Waals surface area contributed by atoms with Crippen LogP contribution in [0.1, 0.15) is 36.8 Å². The third-order valence-corrected chi connectivity index (χ3v) is 3.21. The van der Waals surface area contributed by atoms with E-state index in [0.717, 1.165) is 42.9 Å². The molecule has 0 aliphatic heterocycles. The summed E-state index contributed by atoms with van der Waals surface area (Å²) in [6, 6.07) is 3.98. The molecule has 2 N–H and O–H groups in total. The maximum Gasteiger partial charge on any atom is 0.151 e. The molecule has 0 saturated carbocycles. The van der Waals surface area contributed by atoms with E-state index in [0.29, 0.717) is 11.7 Å². The molecule has 2 heterocycles. The molecule has 19 heavy (non-hydrogen) atoms. The van der Waals surface area contributed by atoms with E-state index < -0.39 is 0 Å². The summed E-state index contributed by atoms with van der Waals surface area (Å²) >= 11 is 6.11. The van der Waals surface area contributed by atoms with Gasteiger partial charge in [0.1, 0.15) is 5.82 Å². The number of imidazole rings is 1. The summed E-state index contributed by atoms with van der Waals surface area (Å²) in [6.07, 6.45) is 6.88. The van der Waals surface area contributed by atoms with Gasteiger partial charge < -0.3 is 10.3 Å². The van der Waals surface area contributed by atoms with Crippen molar-refractivity contribution in [3.05, 3.63) is 46.8 Å². The van der Waals surface area contributed by atoms with Crippen LogP contribution >= 0.6 is 11.6 Å². The Bertz CT molecular complexity index is 495. The van der Waals surface area contributed by atoms with Crippen molar-refractivity contribution in [2.45, 2.75) is 39.3 Å². The predicted octanol–water partition coefficient (Wildman–Crippen LogP) is 3.09. The predicted molar refractivity (Wildman–Crippen MR) is 77.0 cm³/mol. The fraction of sp³-hybridized carbons (Fsp3) is 0.429. The smallest absolute Gasteiger partial charge is 0.151 e. The molecule has 2 aromatic rings. The van der Waals surface area contributed by atoms with E-state index in [1.165, 1.54) is 0 Å². The molecule has 2 aromatic heterocycles. The molecule has 0 spiro atoms. The van der Waals surface area contributed by atoms with Crippen molar-refractivity contribution in [3.63, 3.8) is 0 Å². The first-order valence-electron chi connectivity index (χ1n) is 6.62. The average Bonchev–Trinajstić information content (AvgIpc) is 2.78. The number of H-pyrrole nitrogens is 1. The summed E-state index contributed by atoms with van der Waals surface area (Å²) in [4.78, 5) is 11.7. The molecular weight excluding hydrogens is 260 g/mol. The minimum atomic E-state index is 0.574. The van der Waals surface area contributed by atoms with Crippen molar-refractivity contribution in [1.82, 2.24) is 20.3 Å². The molecule has 0 atom stereocenters. The van der Waals surface area contributed by atoms with Crippen molar-refractivity contribution < 1.29 is 0 Å². The molecule has 4 nitrogen and oxygen atoms in total. The van der Waals surface area contributed by atoms with Crippen molar-refractivity contribution >= 4 is 11.6 Å². The number of hydrogen-bond donors (Lipinski definition) is 2. The maximum atomic E-state index is 6.11. The minimum Gasteiger partial charge on any atom is -0.344 e. The van der Waals surface area contributed by atoms with E-state index >= 15 is 0 Å². The van der Waals surface area contributed by atoms with Gasteiger partial charge in [-0.25, -0.2) is 4.98 Å². The molecule has 0 bridgehead atoms. The number of nitrogens with one attached hydrogen (secondary N) is 2. The van der Waals surface area contributed by atoms with Crippen LogP contribution in [-0.2, 0) is 19.5 Å². The molecule has 0 aliphatic carbocycles. The number of hydrogen-bond acceptors (Lipinski definition) is 3. The SMILES string of the molecule is CCCCc1nc(Cl)c(CNCc2cccnc2)[nH]1. The monoisotopic (exact) mass is 278 g/mol. The standard InChI is InChI=1S/C14H19ClN4/c1-2-3-6-13-18-12(14(15)19-13)10-17-9-11-5-4-7-16-8-11/h4-5,7-8,17H,2-3,6,9-10H2,1H3,(H,18,19). The fourth-order valence-corrected chi connectivity index (χ4v) is 2.07. The lowest BCUT2D eigenvalue weighted by molar-refractivity contribution is 0.677. The summed E-state index contributed by atoms with van der Waals surface area (Å²) in [6.45, 7) is 3.63. The van der Waals surface area contributed by atoms with Crippen molar-refractivity contribution in [2.75, 3.05) is 0 Å². The Balaban J connectivity index is 1.84. The molecule has 0 aliphatic rings. The van der Waals surface area contributed by atoms with Crippen LogP contribution in [0.5, 0.6) is 0 Å². The molecule has 102 valence electrons. The van der Waals surface area contributed by atoms with Crippen LogP contribution in [0, 0.1) is 0 Å². The molecule has 0 fully saturated rings. The van der Waals surface area contributed by atoms with Crippen LogP contribution in [-0.4, -0.2) is 15.0 Å². The van der Waals surface area contributed by atoms with E-state index in [1.54, 1.807) is 6.20 Å². The third kappa shape index (κ3) is 4.33. The molecular formula is C14H19ClN4. The Kier molecular flexibility index (Phi) is 5.36. The highest BCUT2D eigenvalue weighted by molar-refractivity contribution is 6.30. The number of aromatic nitrogens is 3. The first-order chi connectivity index (χ1) is 9.29. The Morgan fingerprint density at radius 1 is 1.37 bits per heavy atom. The van der Waals surface area contributed by atoms with Gasteiger partial charge in [0.05, 0.1) is 5.69 Å². The van der Waals surface area contributed by atoms with Crippen LogP contribution < -0.4 is 5.32 Å². The number of nitrogens with zero attached hydrogens (tertiary/aromatic N) is 2. The second-order valence-electron chi connectivity index (χ2n) is 4.52. The minimum absolute atomic E-state index is 0.574. The highest BCUT2D eigenvalue weighted by Crippen LogP contribution is 2.14. The number of aryl methyl sites for hydroxylation is 1. The summed E-state index contributed by atoms with van der Waals surface area (Å²) in [5.41, 5.74) is 2.11. The van der Waals surface area contributed by atoms with Gasteiger partial charge in [0.15, 0.2) is 5.15 Å².